The Morgan fingerprint density at radius 3 is 2.38 bits per heavy atom. The van der Waals surface area contributed by atoms with Crippen LogP contribution < -0.4 is 4.72 Å². The number of hydrogen-bond donors (Lipinski definition) is 1. The summed E-state index contributed by atoms with van der Waals surface area (Å²) in [6, 6.07) is 16.1. The van der Waals surface area contributed by atoms with Crippen LogP contribution in [0.5, 0.6) is 0 Å². The number of ketones is 1. The first-order valence-corrected chi connectivity index (χ1v) is 10.9. The number of carbonyl (C=O) groups is 2. The summed E-state index contributed by atoms with van der Waals surface area (Å²) in [5.74, 6) is -1.39. The third-order valence-electron chi connectivity index (χ3n) is 4.23. The van der Waals surface area contributed by atoms with Crippen LogP contribution in [0, 0.1) is 10.1 Å². The highest BCUT2D eigenvalue weighted by Gasteiger charge is 2.22. The number of halogens is 1. The Morgan fingerprint density at radius 1 is 1.00 bits per heavy atom. The van der Waals surface area contributed by atoms with Crippen molar-refractivity contribution in [3.8, 4) is 0 Å². The molecular weight excluding hydrogens is 460 g/mol. The first kappa shape index (κ1) is 22.9. The molecule has 0 spiro atoms. The van der Waals surface area contributed by atoms with Crippen LogP contribution in [0.2, 0.25) is 5.02 Å². The zero-order chi connectivity index (χ0) is 23.3. The van der Waals surface area contributed by atoms with E-state index in [9.17, 15) is 28.1 Å². The zero-order valence-corrected chi connectivity index (χ0v) is 17.8. The predicted octanol–water partition coefficient (Wildman–Crippen LogP) is 4.09. The molecule has 1 N–H and O–H groups in total. The smallest absolute Gasteiger partial charge is 0.340 e. The van der Waals surface area contributed by atoms with Gasteiger partial charge >= 0.3 is 5.97 Å². The minimum absolute atomic E-state index is 0.108. The Hall–Kier alpha value is -3.76. The van der Waals surface area contributed by atoms with Gasteiger partial charge in [-0.1, -0.05) is 29.8 Å². The number of para-hydroxylation sites is 1. The fourth-order valence-corrected chi connectivity index (χ4v) is 3.89. The fraction of sp³-hybridized carbons (Fsp3) is 0.0476. The van der Waals surface area contributed by atoms with Gasteiger partial charge in [-0.3, -0.25) is 19.6 Å². The van der Waals surface area contributed by atoms with Crippen LogP contribution in [0.4, 0.5) is 11.4 Å². The molecule has 3 aromatic rings. The van der Waals surface area contributed by atoms with Crippen LogP contribution in [-0.4, -0.2) is 31.7 Å². The number of carbonyl (C=O) groups excluding carboxylic acids is 2. The Bertz CT molecular complexity index is 1290. The molecule has 3 aromatic carbocycles. The highest BCUT2D eigenvalue weighted by atomic mass is 35.5. The number of benzene rings is 3. The van der Waals surface area contributed by atoms with E-state index in [1.807, 2.05) is 0 Å². The van der Waals surface area contributed by atoms with E-state index in [0.717, 1.165) is 12.1 Å². The van der Waals surface area contributed by atoms with Crippen LogP contribution in [-0.2, 0) is 14.8 Å². The van der Waals surface area contributed by atoms with Gasteiger partial charge in [-0.2, -0.15) is 0 Å². The van der Waals surface area contributed by atoms with Crippen LogP contribution in [0.15, 0.2) is 77.7 Å². The minimum Gasteiger partial charge on any atom is -0.454 e. The van der Waals surface area contributed by atoms with E-state index < -0.39 is 39.0 Å². The molecule has 0 unspecified atom stereocenters. The quantitative estimate of drug-likeness (QED) is 0.225. The summed E-state index contributed by atoms with van der Waals surface area (Å²) in [6.45, 7) is -0.563. The van der Waals surface area contributed by atoms with Gasteiger partial charge in [-0.15, -0.1) is 0 Å². The molecule has 0 saturated heterocycles. The zero-order valence-electron chi connectivity index (χ0n) is 16.2. The van der Waals surface area contributed by atoms with E-state index in [4.69, 9.17) is 16.3 Å². The van der Waals surface area contributed by atoms with Crippen molar-refractivity contribution in [3.63, 3.8) is 0 Å². The summed E-state index contributed by atoms with van der Waals surface area (Å²) in [5.41, 5.74) is -0.350. The molecule has 0 aliphatic carbocycles. The van der Waals surface area contributed by atoms with Crippen LogP contribution >= 0.6 is 11.6 Å². The summed E-state index contributed by atoms with van der Waals surface area (Å²) in [4.78, 5) is 34.5. The number of hydrogen-bond acceptors (Lipinski definition) is 7. The standard InChI is InChI=1S/C21H15ClN2O7S/c22-15-10-8-14(9-11-15)20(25)13-31-21(26)18-6-1-2-7-19(18)23-32(29,30)17-5-3-4-16(12-17)24(27)28/h1-12,23H,13H2. The van der Waals surface area contributed by atoms with E-state index in [-0.39, 0.29) is 16.1 Å². The maximum absolute atomic E-state index is 12.7. The third kappa shape index (κ3) is 5.48. The van der Waals surface area contributed by atoms with Crippen LogP contribution in [0.25, 0.3) is 0 Å². The van der Waals surface area contributed by atoms with Gasteiger partial charge in [0.25, 0.3) is 15.7 Å². The number of nitrogens with one attached hydrogen (secondary N) is 1. The Labute approximate surface area is 187 Å². The summed E-state index contributed by atoms with van der Waals surface area (Å²) in [6.07, 6.45) is 0. The molecule has 32 heavy (non-hydrogen) atoms. The van der Waals surface area contributed by atoms with Gasteiger partial charge in [0, 0.05) is 22.7 Å². The molecule has 11 heteroatoms. The predicted molar refractivity (Wildman–Crippen MR) is 116 cm³/mol. The number of anilines is 1. The molecule has 0 atom stereocenters. The first-order valence-electron chi connectivity index (χ1n) is 8.99. The molecule has 0 heterocycles. The largest absolute Gasteiger partial charge is 0.454 e. The number of sulfonamides is 1. The number of nitrogens with zero attached hydrogens (tertiary/aromatic N) is 1. The lowest BCUT2D eigenvalue weighted by Gasteiger charge is -2.12. The Kier molecular flexibility index (Phi) is 6.86. The summed E-state index contributed by atoms with van der Waals surface area (Å²) in [5, 5.41) is 11.4. The van der Waals surface area contributed by atoms with Gasteiger partial charge in [0.1, 0.15) is 0 Å². The molecular formula is C21H15ClN2O7S. The van der Waals surface area contributed by atoms with Gasteiger partial charge in [0.15, 0.2) is 12.4 Å². The molecule has 164 valence electrons. The molecule has 0 bridgehead atoms. The number of ether oxygens (including phenoxy) is 1. The van der Waals surface area contributed by atoms with Gasteiger partial charge in [0.2, 0.25) is 0 Å². The van der Waals surface area contributed by atoms with Crippen molar-refractivity contribution in [2.45, 2.75) is 4.90 Å². The SMILES string of the molecule is O=C(COC(=O)c1ccccc1NS(=O)(=O)c1cccc([N+](=O)[O-])c1)c1ccc(Cl)cc1. The second-order valence-electron chi connectivity index (χ2n) is 6.41. The number of Topliss-reactive ketones (excluding diaryl/α,β-unsaturated/α-hetero) is 1. The van der Waals surface area contributed by atoms with E-state index in [1.54, 1.807) is 0 Å². The molecule has 0 saturated carbocycles. The van der Waals surface area contributed by atoms with Gasteiger partial charge < -0.3 is 4.74 Å². The molecule has 0 radical (unpaired) electrons. The average molecular weight is 475 g/mol. The lowest BCUT2D eigenvalue weighted by molar-refractivity contribution is -0.385. The number of esters is 1. The molecule has 0 amide bonds. The number of nitro benzene ring substituents is 1. The summed E-state index contributed by atoms with van der Waals surface area (Å²) < 4.78 is 32.6. The number of non-ortho nitro benzene ring substituents is 1. The highest BCUT2D eigenvalue weighted by Crippen LogP contribution is 2.23. The maximum Gasteiger partial charge on any atom is 0.340 e. The molecule has 0 aliphatic rings. The summed E-state index contributed by atoms with van der Waals surface area (Å²) >= 11 is 5.78. The minimum atomic E-state index is -4.25. The molecule has 3 rings (SSSR count). The second kappa shape index (κ2) is 9.58. The Balaban J connectivity index is 1.77. The molecule has 0 fully saturated rings. The van der Waals surface area contributed by atoms with Gasteiger partial charge in [-0.25, -0.2) is 13.2 Å². The van der Waals surface area contributed by atoms with Crippen LogP contribution in [0.3, 0.4) is 0 Å². The van der Waals surface area contributed by atoms with Crippen molar-refractivity contribution in [1.82, 2.24) is 0 Å². The number of rotatable bonds is 8. The van der Waals surface area contributed by atoms with E-state index in [0.29, 0.717) is 10.6 Å². The monoisotopic (exact) mass is 474 g/mol. The van der Waals surface area contributed by atoms with E-state index in [1.165, 1.54) is 60.7 Å². The van der Waals surface area contributed by atoms with Crippen molar-refractivity contribution in [3.05, 3.63) is 99.1 Å². The maximum atomic E-state index is 12.7. The molecule has 9 nitrogen and oxygen atoms in total. The second-order valence-corrected chi connectivity index (χ2v) is 8.53. The summed E-state index contributed by atoms with van der Waals surface area (Å²) in [7, 11) is -4.25. The highest BCUT2D eigenvalue weighted by molar-refractivity contribution is 7.92. The molecule has 0 aromatic heterocycles. The first-order chi connectivity index (χ1) is 15.2. The molecule has 0 aliphatic heterocycles. The van der Waals surface area contributed by atoms with Crippen molar-refractivity contribution >= 4 is 44.8 Å². The average Bonchev–Trinajstić information content (AvgIpc) is 2.78. The Morgan fingerprint density at radius 2 is 1.69 bits per heavy atom. The topological polar surface area (TPSA) is 133 Å². The lowest BCUT2D eigenvalue weighted by atomic mass is 10.1. The fourth-order valence-electron chi connectivity index (χ4n) is 2.65. The van der Waals surface area contributed by atoms with E-state index in [2.05, 4.69) is 4.72 Å². The van der Waals surface area contributed by atoms with Crippen molar-refractivity contribution in [1.29, 1.82) is 0 Å². The number of nitro groups is 1. The van der Waals surface area contributed by atoms with Gasteiger partial charge in [-0.05, 0) is 42.5 Å². The lowest BCUT2D eigenvalue weighted by Crippen LogP contribution is -2.18. The van der Waals surface area contributed by atoms with Crippen LogP contribution in [0.1, 0.15) is 20.7 Å². The van der Waals surface area contributed by atoms with Crippen molar-refractivity contribution < 1.29 is 27.7 Å². The van der Waals surface area contributed by atoms with Gasteiger partial charge in [0.05, 0.1) is 21.1 Å². The normalized spacial score (nSPS) is 10.9. The third-order valence-corrected chi connectivity index (χ3v) is 5.85. The van der Waals surface area contributed by atoms with E-state index >= 15 is 0 Å². The van der Waals surface area contributed by atoms with Crippen molar-refractivity contribution in [2.24, 2.45) is 0 Å². The van der Waals surface area contributed by atoms with Crippen molar-refractivity contribution in [2.75, 3.05) is 11.3 Å².